The summed E-state index contributed by atoms with van der Waals surface area (Å²) < 4.78 is 0. The van der Waals surface area contributed by atoms with Crippen LogP contribution in [-0.2, 0) is 4.79 Å². The van der Waals surface area contributed by atoms with Crippen LogP contribution in [0, 0.1) is 0 Å². The van der Waals surface area contributed by atoms with Crippen molar-refractivity contribution in [2.45, 2.75) is 52.1 Å². The van der Waals surface area contributed by atoms with E-state index in [1.54, 1.807) is 6.92 Å². The number of carbonyl (C=O) groups excluding carboxylic acids is 2. The average molecular weight is 284 g/mol. The molecule has 2 atom stereocenters. The van der Waals surface area contributed by atoms with Gasteiger partial charge in [0.25, 0.3) is 0 Å². The molecule has 0 spiro atoms. The molecule has 1 aliphatic heterocycles. The predicted molar refractivity (Wildman–Crippen MR) is 79.6 cm³/mol. The standard InChI is InChI=1S/C14H28N4O2/c1-4-15-14(20)17-13(19)12(3)16-10-11(2)18-8-6-5-7-9-18/h11-12,16H,4-10H2,1-3H3,(H2,15,17,19,20). The first-order chi connectivity index (χ1) is 9.54. The molecular weight excluding hydrogens is 256 g/mol. The van der Waals surface area contributed by atoms with E-state index in [1.165, 1.54) is 19.3 Å². The second-order valence-electron chi connectivity index (χ2n) is 5.42. The van der Waals surface area contributed by atoms with Gasteiger partial charge in [0.05, 0.1) is 6.04 Å². The van der Waals surface area contributed by atoms with E-state index in [4.69, 9.17) is 0 Å². The molecule has 3 amide bonds. The van der Waals surface area contributed by atoms with Crippen molar-refractivity contribution in [3.05, 3.63) is 0 Å². The van der Waals surface area contributed by atoms with E-state index in [9.17, 15) is 9.59 Å². The highest BCUT2D eigenvalue weighted by Gasteiger charge is 2.19. The number of urea groups is 1. The molecule has 6 nitrogen and oxygen atoms in total. The number of amides is 3. The number of likely N-dealkylation sites (tertiary alicyclic amines) is 1. The van der Waals surface area contributed by atoms with Crippen LogP contribution >= 0.6 is 0 Å². The zero-order valence-corrected chi connectivity index (χ0v) is 12.9. The summed E-state index contributed by atoms with van der Waals surface area (Å²) in [5.41, 5.74) is 0. The molecule has 6 heteroatoms. The van der Waals surface area contributed by atoms with Crippen LogP contribution in [0.4, 0.5) is 4.79 Å². The van der Waals surface area contributed by atoms with Crippen LogP contribution < -0.4 is 16.0 Å². The molecule has 0 aromatic rings. The summed E-state index contributed by atoms with van der Waals surface area (Å²) in [6.07, 6.45) is 3.84. The van der Waals surface area contributed by atoms with Gasteiger partial charge >= 0.3 is 6.03 Å². The molecule has 1 heterocycles. The summed E-state index contributed by atoms with van der Waals surface area (Å²) in [5, 5.41) is 8.05. The van der Waals surface area contributed by atoms with Gasteiger partial charge < -0.3 is 10.6 Å². The Morgan fingerprint density at radius 2 is 1.80 bits per heavy atom. The molecular formula is C14H28N4O2. The molecule has 0 aromatic heterocycles. The van der Waals surface area contributed by atoms with Gasteiger partial charge in [0, 0.05) is 19.1 Å². The lowest BCUT2D eigenvalue weighted by molar-refractivity contribution is -0.121. The maximum Gasteiger partial charge on any atom is 0.321 e. The van der Waals surface area contributed by atoms with Crippen LogP contribution in [0.25, 0.3) is 0 Å². The molecule has 1 fully saturated rings. The van der Waals surface area contributed by atoms with Gasteiger partial charge in [-0.15, -0.1) is 0 Å². The van der Waals surface area contributed by atoms with E-state index in [0.717, 1.165) is 19.6 Å². The fraction of sp³-hybridized carbons (Fsp3) is 0.857. The average Bonchev–Trinajstić information content (AvgIpc) is 2.45. The Labute approximate surface area is 121 Å². The lowest BCUT2D eigenvalue weighted by Gasteiger charge is -2.33. The number of nitrogens with one attached hydrogen (secondary N) is 3. The summed E-state index contributed by atoms with van der Waals surface area (Å²) in [6, 6.07) is -0.393. The minimum Gasteiger partial charge on any atom is -0.338 e. The Hall–Kier alpha value is -1.14. The van der Waals surface area contributed by atoms with Gasteiger partial charge in [0.15, 0.2) is 0 Å². The van der Waals surface area contributed by atoms with Crippen molar-refractivity contribution in [3.63, 3.8) is 0 Å². The van der Waals surface area contributed by atoms with E-state index in [-0.39, 0.29) is 11.9 Å². The van der Waals surface area contributed by atoms with Crippen molar-refractivity contribution in [3.8, 4) is 0 Å². The molecule has 0 bridgehead atoms. The van der Waals surface area contributed by atoms with Gasteiger partial charge in [-0.1, -0.05) is 6.42 Å². The van der Waals surface area contributed by atoms with Crippen molar-refractivity contribution in [2.75, 3.05) is 26.2 Å². The van der Waals surface area contributed by atoms with Crippen LogP contribution in [-0.4, -0.2) is 55.1 Å². The normalized spacial score (nSPS) is 19.1. The predicted octanol–water partition coefficient (Wildman–Crippen LogP) is 0.685. The summed E-state index contributed by atoms with van der Waals surface area (Å²) in [6.45, 7) is 9.30. The second kappa shape index (κ2) is 8.92. The smallest absolute Gasteiger partial charge is 0.321 e. The molecule has 1 rings (SSSR count). The number of carbonyl (C=O) groups is 2. The van der Waals surface area contributed by atoms with Crippen molar-refractivity contribution in [1.29, 1.82) is 0 Å². The Morgan fingerprint density at radius 1 is 1.15 bits per heavy atom. The first-order valence-electron chi connectivity index (χ1n) is 7.60. The van der Waals surface area contributed by atoms with E-state index in [0.29, 0.717) is 12.6 Å². The molecule has 1 saturated heterocycles. The summed E-state index contributed by atoms with van der Waals surface area (Å²) in [7, 11) is 0. The number of imide groups is 1. The quantitative estimate of drug-likeness (QED) is 0.671. The number of rotatable bonds is 6. The largest absolute Gasteiger partial charge is 0.338 e. The Morgan fingerprint density at radius 3 is 2.40 bits per heavy atom. The van der Waals surface area contributed by atoms with Gasteiger partial charge in [0.2, 0.25) is 5.91 Å². The maximum atomic E-state index is 11.8. The number of hydrogen-bond acceptors (Lipinski definition) is 4. The van der Waals surface area contributed by atoms with Gasteiger partial charge in [-0.2, -0.15) is 0 Å². The van der Waals surface area contributed by atoms with E-state index in [2.05, 4.69) is 27.8 Å². The second-order valence-corrected chi connectivity index (χ2v) is 5.42. The minimum atomic E-state index is -0.435. The third kappa shape index (κ3) is 5.88. The van der Waals surface area contributed by atoms with Gasteiger partial charge in [0.1, 0.15) is 0 Å². The van der Waals surface area contributed by atoms with E-state index >= 15 is 0 Å². The monoisotopic (exact) mass is 284 g/mol. The lowest BCUT2D eigenvalue weighted by atomic mass is 10.1. The van der Waals surface area contributed by atoms with Crippen molar-refractivity contribution >= 4 is 11.9 Å². The molecule has 3 N–H and O–H groups in total. The third-order valence-corrected chi connectivity index (χ3v) is 3.70. The van der Waals surface area contributed by atoms with Crippen LogP contribution in [0.5, 0.6) is 0 Å². The first-order valence-corrected chi connectivity index (χ1v) is 7.60. The molecule has 0 aromatic carbocycles. The Kier molecular flexibility index (Phi) is 7.54. The van der Waals surface area contributed by atoms with Crippen molar-refractivity contribution in [2.24, 2.45) is 0 Å². The highest BCUT2D eigenvalue weighted by Crippen LogP contribution is 2.11. The topological polar surface area (TPSA) is 73.5 Å². The van der Waals surface area contributed by atoms with E-state index in [1.807, 2.05) is 6.92 Å². The van der Waals surface area contributed by atoms with Gasteiger partial charge in [-0.25, -0.2) is 4.79 Å². The summed E-state index contributed by atoms with van der Waals surface area (Å²) in [4.78, 5) is 25.5. The summed E-state index contributed by atoms with van der Waals surface area (Å²) >= 11 is 0. The SMILES string of the molecule is CCNC(=O)NC(=O)C(C)NCC(C)N1CCCCC1. The lowest BCUT2D eigenvalue weighted by Crippen LogP contribution is -2.51. The highest BCUT2D eigenvalue weighted by atomic mass is 16.2. The van der Waals surface area contributed by atoms with E-state index < -0.39 is 6.03 Å². The minimum absolute atomic E-state index is 0.290. The third-order valence-electron chi connectivity index (χ3n) is 3.70. The fourth-order valence-electron chi connectivity index (χ4n) is 2.35. The number of hydrogen-bond donors (Lipinski definition) is 3. The first kappa shape index (κ1) is 16.9. The zero-order chi connectivity index (χ0) is 15.0. The van der Waals surface area contributed by atoms with Gasteiger partial charge in [-0.05, 0) is 46.7 Å². The fourth-order valence-corrected chi connectivity index (χ4v) is 2.35. The van der Waals surface area contributed by atoms with Crippen molar-refractivity contribution in [1.82, 2.24) is 20.9 Å². The molecule has 2 unspecified atom stereocenters. The molecule has 20 heavy (non-hydrogen) atoms. The number of nitrogens with zero attached hydrogens (tertiary/aromatic N) is 1. The molecule has 0 radical (unpaired) electrons. The van der Waals surface area contributed by atoms with Crippen LogP contribution in [0.15, 0.2) is 0 Å². The molecule has 0 saturated carbocycles. The highest BCUT2D eigenvalue weighted by molar-refractivity contribution is 5.96. The summed E-state index contributed by atoms with van der Waals surface area (Å²) in [5.74, 6) is -0.290. The van der Waals surface area contributed by atoms with Crippen molar-refractivity contribution < 1.29 is 9.59 Å². The van der Waals surface area contributed by atoms with Crippen LogP contribution in [0.1, 0.15) is 40.0 Å². The molecule has 1 aliphatic rings. The van der Waals surface area contributed by atoms with Gasteiger partial charge in [-0.3, -0.25) is 15.0 Å². The van der Waals surface area contributed by atoms with Crippen LogP contribution in [0.2, 0.25) is 0 Å². The molecule has 116 valence electrons. The Bertz CT molecular complexity index is 316. The Balaban J connectivity index is 2.25. The number of piperidine rings is 1. The zero-order valence-electron chi connectivity index (χ0n) is 12.9. The van der Waals surface area contributed by atoms with Crippen LogP contribution in [0.3, 0.4) is 0 Å². The molecule has 0 aliphatic carbocycles. The maximum absolute atomic E-state index is 11.8.